The third kappa shape index (κ3) is 4.09. The second-order valence-electron chi connectivity index (χ2n) is 8.70. The predicted molar refractivity (Wildman–Crippen MR) is 125 cm³/mol. The molecule has 4 rings (SSSR count). The van der Waals surface area contributed by atoms with Gasteiger partial charge in [0.05, 0.1) is 24.5 Å². The standard InChI is InChI=1S/C26H30N2O4/c1-17(2)32-20-11-9-19(10-12-20)23-24(27-15-13-18(3)14-16-27)26(30)28(25(23)29)21-7-5-6-8-22(21)31-4/h5-12,17-18H,13-16H2,1-4H3. The number of likely N-dealkylation sites (tertiary alicyclic amines) is 1. The fraction of sp³-hybridized carbons (Fsp3) is 0.385. The van der Waals surface area contributed by atoms with Gasteiger partial charge < -0.3 is 14.4 Å². The van der Waals surface area contributed by atoms with Crippen molar-refractivity contribution in [3.05, 3.63) is 59.8 Å². The summed E-state index contributed by atoms with van der Waals surface area (Å²) in [6, 6.07) is 14.5. The molecular weight excluding hydrogens is 404 g/mol. The number of methoxy groups -OCH3 is 1. The molecule has 168 valence electrons. The van der Waals surface area contributed by atoms with Gasteiger partial charge in [0.25, 0.3) is 11.8 Å². The number of carbonyl (C=O) groups is 2. The van der Waals surface area contributed by atoms with Crippen molar-refractivity contribution in [1.29, 1.82) is 0 Å². The number of carbonyl (C=O) groups excluding carboxylic acids is 2. The van der Waals surface area contributed by atoms with Crippen LogP contribution in [0.2, 0.25) is 0 Å². The van der Waals surface area contributed by atoms with Crippen LogP contribution in [0, 0.1) is 5.92 Å². The first-order chi connectivity index (χ1) is 15.4. The molecule has 0 unspecified atom stereocenters. The number of piperidine rings is 1. The first-order valence-corrected chi connectivity index (χ1v) is 11.2. The Morgan fingerprint density at radius 2 is 1.59 bits per heavy atom. The molecule has 0 spiro atoms. The Labute approximate surface area is 189 Å². The maximum atomic E-state index is 13.7. The molecule has 6 heteroatoms. The van der Waals surface area contributed by atoms with E-state index in [4.69, 9.17) is 9.47 Å². The minimum atomic E-state index is -0.328. The van der Waals surface area contributed by atoms with Crippen molar-refractivity contribution in [3.8, 4) is 11.5 Å². The van der Waals surface area contributed by atoms with E-state index >= 15 is 0 Å². The molecule has 2 heterocycles. The van der Waals surface area contributed by atoms with E-state index in [1.165, 1.54) is 4.90 Å². The normalized spacial score (nSPS) is 17.5. The molecule has 2 aliphatic rings. The van der Waals surface area contributed by atoms with E-state index in [1.807, 2.05) is 44.2 Å². The van der Waals surface area contributed by atoms with Gasteiger partial charge in [-0.05, 0) is 62.4 Å². The molecule has 0 N–H and O–H groups in total. The Bertz CT molecular complexity index is 1030. The van der Waals surface area contributed by atoms with Crippen molar-refractivity contribution in [2.45, 2.75) is 39.7 Å². The van der Waals surface area contributed by atoms with E-state index in [2.05, 4.69) is 11.8 Å². The Morgan fingerprint density at radius 1 is 0.938 bits per heavy atom. The number of rotatable bonds is 6. The number of anilines is 1. The van der Waals surface area contributed by atoms with Gasteiger partial charge in [0.15, 0.2) is 0 Å². The van der Waals surface area contributed by atoms with Crippen LogP contribution in [0.15, 0.2) is 54.2 Å². The quantitative estimate of drug-likeness (QED) is 0.627. The van der Waals surface area contributed by atoms with Gasteiger partial charge in [-0.15, -0.1) is 0 Å². The highest BCUT2D eigenvalue weighted by atomic mass is 16.5. The highest BCUT2D eigenvalue weighted by Crippen LogP contribution is 2.39. The van der Waals surface area contributed by atoms with E-state index in [-0.39, 0.29) is 17.9 Å². The summed E-state index contributed by atoms with van der Waals surface area (Å²) in [4.78, 5) is 30.7. The lowest BCUT2D eigenvalue weighted by Crippen LogP contribution is -2.38. The Kier molecular flexibility index (Phi) is 6.21. The molecule has 2 aliphatic heterocycles. The van der Waals surface area contributed by atoms with Crippen LogP contribution >= 0.6 is 0 Å². The minimum Gasteiger partial charge on any atom is -0.495 e. The van der Waals surface area contributed by atoms with Crippen molar-refractivity contribution >= 4 is 23.1 Å². The molecule has 1 fully saturated rings. The van der Waals surface area contributed by atoms with Crippen LogP contribution in [0.5, 0.6) is 11.5 Å². The average molecular weight is 435 g/mol. The zero-order chi connectivity index (χ0) is 22.8. The van der Waals surface area contributed by atoms with Crippen molar-refractivity contribution in [3.63, 3.8) is 0 Å². The third-order valence-corrected chi connectivity index (χ3v) is 6.00. The van der Waals surface area contributed by atoms with Crippen LogP contribution in [0.25, 0.3) is 5.57 Å². The van der Waals surface area contributed by atoms with Gasteiger partial charge in [-0.25, -0.2) is 4.90 Å². The van der Waals surface area contributed by atoms with E-state index in [9.17, 15) is 9.59 Å². The summed E-state index contributed by atoms with van der Waals surface area (Å²) in [6.07, 6.45) is 2.05. The molecule has 0 aromatic heterocycles. The number of benzene rings is 2. The first kappa shape index (κ1) is 21.9. The third-order valence-electron chi connectivity index (χ3n) is 6.00. The Morgan fingerprint density at radius 3 is 2.22 bits per heavy atom. The van der Waals surface area contributed by atoms with Crippen molar-refractivity contribution in [2.24, 2.45) is 5.92 Å². The molecule has 2 aromatic carbocycles. The number of ether oxygens (including phenoxy) is 2. The smallest absolute Gasteiger partial charge is 0.282 e. The lowest BCUT2D eigenvalue weighted by atomic mass is 9.97. The zero-order valence-corrected chi connectivity index (χ0v) is 19.1. The lowest BCUT2D eigenvalue weighted by Gasteiger charge is -2.32. The summed E-state index contributed by atoms with van der Waals surface area (Å²) in [7, 11) is 1.54. The van der Waals surface area contributed by atoms with Crippen LogP contribution in [0.3, 0.4) is 0 Å². The summed E-state index contributed by atoms with van der Waals surface area (Å²) >= 11 is 0. The molecular formula is C26H30N2O4. The van der Waals surface area contributed by atoms with Gasteiger partial charge in [-0.3, -0.25) is 9.59 Å². The van der Waals surface area contributed by atoms with E-state index < -0.39 is 0 Å². The maximum absolute atomic E-state index is 13.7. The summed E-state index contributed by atoms with van der Waals surface area (Å²) in [5.41, 5.74) is 2.09. The molecule has 2 aromatic rings. The summed E-state index contributed by atoms with van der Waals surface area (Å²) in [5, 5.41) is 0. The Hall–Kier alpha value is -3.28. The predicted octanol–water partition coefficient (Wildman–Crippen LogP) is 4.50. The Balaban J connectivity index is 1.78. The van der Waals surface area contributed by atoms with Gasteiger partial charge in [0.2, 0.25) is 0 Å². The van der Waals surface area contributed by atoms with Crippen LogP contribution in [-0.2, 0) is 9.59 Å². The van der Waals surface area contributed by atoms with Crippen LogP contribution < -0.4 is 14.4 Å². The molecule has 6 nitrogen and oxygen atoms in total. The highest BCUT2D eigenvalue weighted by molar-refractivity contribution is 6.45. The van der Waals surface area contributed by atoms with Gasteiger partial charge in [0, 0.05) is 13.1 Å². The number of hydrogen-bond donors (Lipinski definition) is 0. The second-order valence-corrected chi connectivity index (χ2v) is 8.70. The highest BCUT2D eigenvalue weighted by Gasteiger charge is 2.43. The number of amides is 2. The molecule has 0 atom stereocenters. The van der Waals surface area contributed by atoms with Gasteiger partial charge in [0.1, 0.15) is 17.2 Å². The van der Waals surface area contributed by atoms with Crippen LogP contribution in [0.1, 0.15) is 39.2 Å². The summed E-state index contributed by atoms with van der Waals surface area (Å²) in [5.74, 6) is 1.20. The van der Waals surface area contributed by atoms with Crippen LogP contribution in [0.4, 0.5) is 5.69 Å². The molecule has 0 aliphatic carbocycles. The fourth-order valence-corrected chi connectivity index (χ4v) is 4.31. The number of nitrogens with zero attached hydrogens (tertiary/aromatic N) is 2. The fourth-order valence-electron chi connectivity index (χ4n) is 4.31. The van der Waals surface area contributed by atoms with Crippen molar-refractivity contribution in [1.82, 2.24) is 4.90 Å². The monoisotopic (exact) mass is 434 g/mol. The summed E-state index contributed by atoms with van der Waals surface area (Å²) in [6.45, 7) is 7.68. The zero-order valence-electron chi connectivity index (χ0n) is 19.1. The largest absolute Gasteiger partial charge is 0.495 e. The van der Waals surface area contributed by atoms with Crippen LogP contribution in [-0.4, -0.2) is 43.0 Å². The molecule has 1 saturated heterocycles. The molecule has 0 bridgehead atoms. The average Bonchev–Trinajstić information content (AvgIpc) is 3.04. The summed E-state index contributed by atoms with van der Waals surface area (Å²) < 4.78 is 11.2. The SMILES string of the molecule is COc1ccccc1N1C(=O)C(c2ccc(OC(C)C)cc2)=C(N2CCC(C)CC2)C1=O. The van der Waals surface area contributed by atoms with Gasteiger partial charge >= 0.3 is 0 Å². The number of hydrogen-bond acceptors (Lipinski definition) is 5. The molecule has 0 radical (unpaired) electrons. The molecule has 0 saturated carbocycles. The number of para-hydroxylation sites is 2. The minimum absolute atomic E-state index is 0.0571. The number of imide groups is 1. The van der Waals surface area contributed by atoms with Gasteiger partial charge in [-0.2, -0.15) is 0 Å². The van der Waals surface area contributed by atoms with E-state index in [0.29, 0.717) is 34.2 Å². The lowest BCUT2D eigenvalue weighted by molar-refractivity contribution is -0.120. The van der Waals surface area contributed by atoms with Gasteiger partial charge in [-0.1, -0.05) is 31.2 Å². The molecule has 2 amide bonds. The topological polar surface area (TPSA) is 59.1 Å². The maximum Gasteiger partial charge on any atom is 0.282 e. The van der Waals surface area contributed by atoms with E-state index in [0.717, 1.165) is 31.7 Å². The molecule has 32 heavy (non-hydrogen) atoms. The van der Waals surface area contributed by atoms with Crippen molar-refractivity contribution < 1.29 is 19.1 Å². The first-order valence-electron chi connectivity index (χ1n) is 11.2. The van der Waals surface area contributed by atoms with Crippen molar-refractivity contribution in [2.75, 3.05) is 25.1 Å². The van der Waals surface area contributed by atoms with E-state index in [1.54, 1.807) is 25.3 Å². The second kappa shape index (κ2) is 9.07.